The van der Waals surface area contributed by atoms with Gasteiger partial charge in [0.1, 0.15) is 18.1 Å². The maximum atomic E-state index is 16.7. The molecule has 0 fully saturated rings. The van der Waals surface area contributed by atoms with E-state index in [9.17, 15) is 18.4 Å². The number of halogens is 4. The van der Waals surface area contributed by atoms with Crippen LogP contribution in [0.3, 0.4) is 0 Å². The molecule has 0 bridgehead atoms. The molecule has 0 amide bonds. The van der Waals surface area contributed by atoms with E-state index in [2.05, 4.69) is 9.72 Å². The second-order valence-electron chi connectivity index (χ2n) is 8.06. The number of alkyl halides is 4. The van der Waals surface area contributed by atoms with Gasteiger partial charge in [-0.2, -0.15) is 10.5 Å². The highest BCUT2D eigenvalue weighted by molar-refractivity contribution is 5.72. The predicted octanol–water partition coefficient (Wildman–Crippen LogP) is 6.02. The molecule has 1 atom stereocenters. The van der Waals surface area contributed by atoms with Crippen molar-refractivity contribution in [2.45, 2.75) is 12.0 Å². The Kier molecular flexibility index (Phi) is 6.85. The molecule has 4 rings (SSSR count). The maximum Gasteiger partial charge on any atom is 0.573 e. The Labute approximate surface area is 209 Å². The van der Waals surface area contributed by atoms with Crippen LogP contribution >= 0.6 is 0 Å². The fourth-order valence-electron chi connectivity index (χ4n) is 3.82. The number of rotatable bonds is 7. The predicted molar refractivity (Wildman–Crippen MR) is 125 cm³/mol. The second kappa shape index (κ2) is 10.0. The summed E-state index contributed by atoms with van der Waals surface area (Å²) in [4.78, 5) is 4.01. The Bertz CT molecular complexity index is 1480. The van der Waals surface area contributed by atoms with Crippen molar-refractivity contribution in [2.75, 3.05) is 6.61 Å². The number of benzene rings is 3. The van der Waals surface area contributed by atoms with Crippen LogP contribution in [0.15, 0.2) is 79.3 Å². The minimum absolute atomic E-state index is 0.209. The molecule has 1 heterocycles. The van der Waals surface area contributed by atoms with E-state index in [0.717, 1.165) is 12.1 Å². The van der Waals surface area contributed by atoms with Crippen molar-refractivity contribution in [1.82, 2.24) is 9.55 Å². The van der Waals surface area contributed by atoms with Gasteiger partial charge in [0.2, 0.25) is 5.67 Å². The number of hydrogen-bond donors (Lipinski definition) is 0. The van der Waals surface area contributed by atoms with Gasteiger partial charge in [-0.3, -0.25) is 0 Å². The van der Waals surface area contributed by atoms with Crippen LogP contribution in [0, 0.1) is 22.7 Å². The van der Waals surface area contributed by atoms with Crippen LogP contribution in [-0.4, -0.2) is 22.5 Å². The Morgan fingerprint density at radius 1 is 0.892 bits per heavy atom. The first-order chi connectivity index (χ1) is 17.6. The molecule has 6 nitrogen and oxygen atoms in total. The molecule has 4 aromatic rings. The molecule has 0 aliphatic rings. The topological polar surface area (TPSA) is 83.9 Å². The van der Waals surface area contributed by atoms with E-state index in [1.54, 1.807) is 7.05 Å². The third-order valence-electron chi connectivity index (χ3n) is 5.63. The molecule has 0 saturated heterocycles. The average Bonchev–Trinajstić information content (AvgIpc) is 3.33. The molecular weight excluding hydrogens is 488 g/mol. The third-order valence-corrected chi connectivity index (χ3v) is 5.63. The summed E-state index contributed by atoms with van der Waals surface area (Å²) < 4.78 is 65.7. The molecule has 1 unspecified atom stereocenters. The summed E-state index contributed by atoms with van der Waals surface area (Å²) in [6, 6.07) is 19.5. The zero-order valence-corrected chi connectivity index (χ0v) is 19.3. The lowest BCUT2D eigenvalue weighted by atomic mass is 9.92. The molecular formula is C27H18F4N4O2. The summed E-state index contributed by atoms with van der Waals surface area (Å²) in [5.74, 6) is -0.198. The van der Waals surface area contributed by atoms with Crippen molar-refractivity contribution < 1.29 is 27.0 Å². The third kappa shape index (κ3) is 5.54. The van der Waals surface area contributed by atoms with Crippen molar-refractivity contribution in [2.24, 2.45) is 7.05 Å². The summed E-state index contributed by atoms with van der Waals surface area (Å²) in [5, 5.41) is 18.4. The van der Waals surface area contributed by atoms with Gasteiger partial charge >= 0.3 is 6.36 Å². The van der Waals surface area contributed by atoms with Gasteiger partial charge in [-0.05, 0) is 53.6 Å². The SMILES string of the molecule is Cn1cncc1C(F)(COc1ccc(C#N)cc1-c1ccc(OC(F)(F)F)cc1)c1ccc(C#N)cc1. The van der Waals surface area contributed by atoms with E-state index in [-0.39, 0.29) is 22.6 Å². The highest BCUT2D eigenvalue weighted by atomic mass is 19.4. The lowest BCUT2D eigenvalue weighted by Gasteiger charge is -2.27. The smallest absolute Gasteiger partial charge is 0.489 e. The molecule has 186 valence electrons. The van der Waals surface area contributed by atoms with Crippen molar-refractivity contribution >= 4 is 0 Å². The first kappa shape index (κ1) is 25.3. The standard InChI is InChI=1S/C27H18F4N4O2/c1-35-17-34-15-25(35)26(28,21-7-2-18(13-32)3-8-21)16-36-24-11-4-19(14-33)12-23(24)20-5-9-22(10-6-20)37-27(29,30)31/h2-12,15,17H,16H2,1H3. The highest BCUT2D eigenvalue weighted by Gasteiger charge is 2.38. The minimum Gasteiger partial charge on any atom is -0.489 e. The highest BCUT2D eigenvalue weighted by Crippen LogP contribution is 2.38. The van der Waals surface area contributed by atoms with Gasteiger partial charge < -0.3 is 14.0 Å². The fourth-order valence-corrected chi connectivity index (χ4v) is 3.82. The van der Waals surface area contributed by atoms with E-state index in [1.807, 2.05) is 12.1 Å². The first-order valence-electron chi connectivity index (χ1n) is 10.8. The molecule has 0 spiro atoms. The normalized spacial score (nSPS) is 12.7. The molecule has 10 heteroatoms. The minimum atomic E-state index is -4.84. The zero-order valence-electron chi connectivity index (χ0n) is 19.3. The van der Waals surface area contributed by atoms with Crippen LogP contribution in [0.4, 0.5) is 17.6 Å². The number of ether oxygens (including phenoxy) is 2. The van der Waals surface area contributed by atoms with Crippen molar-refractivity contribution in [1.29, 1.82) is 10.5 Å². The Balaban J connectivity index is 1.70. The van der Waals surface area contributed by atoms with Crippen molar-refractivity contribution in [3.63, 3.8) is 0 Å². The summed E-state index contributed by atoms with van der Waals surface area (Å²) in [5.41, 5.74) is -0.267. The molecule has 0 saturated carbocycles. The van der Waals surface area contributed by atoms with Gasteiger partial charge in [0, 0.05) is 12.6 Å². The molecule has 0 N–H and O–H groups in total. The van der Waals surface area contributed by atoms with Crippen LogP contribution < -0.4 is 9.47 Å². The quantitative estimate of drug-likeness (QED) is 0.286. The molecule has 0 aliphatic carbocycles. The Morgan fingerprint density at radius 2 is 1.54 bits per heavy atom. The van der Waals surface area contributed by atoms with Gasteiger partial charge in [0.05, 0.1) is 41.5 Å². The fraction of sp³-hybridized carbons (Fsp3) is 0.148. The Morgan fingerprint density at radius 3 is 2.11 bits per heavy atom. The van der Waals surface area contributed by atoms with Crippen LogP contribution in [0.2, 0.25) is 0 Å². The van der Waals surface area contributed by atoms with Gasteiger partial charge in [-0.1, -0.05) is 24.3 Å². The second-order valence-corrected chi connectivity index (χ2v) is 8.06. The molecule has 3 aromatic carbocycles. The van der Waals surface area contributed by atoms with Gasteiger partial charge in [0.15, 0.2) is 0 Å². The average molecular weight is 506 g/mol. The monoisotopic (exact) mass is 506 g/mol. The number of hydrogen-bond acceptors (Lipinski definition) is 5. The number of aromatic nitrogens is 2. The van der Waals surface area contributed by atoms with E-state index in [0.29, 0.717) is 16.7 Å². The summed E-state index contributed by atoms with van der Waals surface area (Å²) >= 11 is 0. The van der Waals surface area contributed by atoms with Crippen LogP contribution in [-0.2, 0) is 12.7 Å². The maximum absolute atomic E-state index is 16.7. The van der Waals surface area contributed by atoms with Gasteiger partial charge in [-0.15, -0.1) is 13.2 Å². The lowest BCUT2D eigenvalue weighted by Crippen LogP contribution is -2.32. The molecule has 1 aromatic heterocycles. The van der Waals surface area contributed by atoms with E-state index >= 15 is 4.39 Å². The van der Waals surface area contributed by atoms with Crippen LogP contribution in [0.1, 0.15) is 22.4 Å². The number of nitrogens with zero attached hydrogens (tertiary/aromatic N) is 4. The van der Waals surface area contributed by atoms with Crippen LogP contribution in [0.25, 0.3) is 11.1 Å². The first-order valence-corrected chi connectivity index (χ1v) is 10.8. The van der Waals surface area contributed by atoms with Crippen LogP contribution in [0.5, 0.6) is 11.5 Å². The Hall–Kier alpha value is -4.83. The largest absolute Gasteiger partial charge is 0.573 e. The van der Waals surface area contributed by atoms with E-state index < -0.39 is 24.4 Å². The molecule has 37 heavy (non-hydrogen) atoms. The summed E-state index contributed by atoms with van der Waals surface area (Å²) in [6.07, 6.45) is -2.01. The van der Waals surface area contributed by atoms with Gasteiger partial charge in [0.25, 0.3) is 0 Å². The molecule has 0 aliphatic heterocycles. The number of nitriles is 2. The molecule has 0 radical (unpaired) electrons. The van der Waals surface area contributed by atoms with Crippen molar-refractivity contribution in [3.05, 3.63) is 102 Å². The van der Waals surface area contributed by atoms with E-state index in [1.165, 1.54) is 71.7 Å². The summed E-state index contributed by atoms with van der Waals surface area (Å²) in [6.45, 7) is -0.493. The summed E-state index contributed by atoms with van der Waals surface area (Å²) in [7, 11) is 1.64. The number of imidazole rings is 1. The zero-order chi connectivity index (χ0) is 26.6. The number of aryl methyl sites for hydroxylation is 1. The lowest BCUT2D eigenvalue weighted by molar-refractivity contribution is -0.274. The van der Waals surface area contributed by atoms with Crippen molar-refractivity contribution in [3.8, 4) is 34.8 Å². The van der Waals surface area contributed by atoms with Gasteiger partial charge in [-0.25, -0.2) is 9.37 Å². The van der Waals surface area contributed by atoms with E-state index in [4.69, 9.17) is 10.00 Å².